The average molecular weight is 472 g/mol. The first-order valence-corrected chi connectivity index (χ1v) is 10.6. The van der Waals surface area contributed by atoms with Crippen LogP contribution in [0.15, 0.2) is 36.7 Å². The van der Waals surface area contributed by atoms with Crippen molar-refractivity contribution in [3.8, 4) is 0 Å². The van der Waals surface area contributed by atoms with Crippen LogP contribution in [0.4, 0.5) is 26.4 Å². The summed E-state index contributed by atoms with van der Waals surface area (Å²) < 4.78 is 24.2. The van der Waals surface area contributed by atoms with E-state index < -0.39 is 23.9 Å². The Kier molecular flexibility index (Phi) is 5.47. The summed E-state index contributed by atoms with van der Waals surface area (Å²) in [5.41, 5.74) is 7.98. The number of carbonyl (C=O) groups excluding carboxylic acids is 2. The number of anilines is 3. The molecule has 0 bridgehead atoms. The summed E-state index contributed by atoms with van der Waals surface area (Å²) in [6.45, 7) is 0.942. The number of fused-ring (bicyclic) bond motifs is 1. The Labute approximate surface area is 192 Å². The Morgan fingerprint density at radius 2 is 2.09 bits per heavy atom. The van der Waals surface area contributed by atoms with Gasteiger partial charge in [0.15, 0.2) is 6.04 Å². The monoisotopic (exact) mass is 471 g/mol. The molecule has 2 saturated heterocycles. The minimum absolute atomic E-state index is 0.00797. The van der Waals surface area contributed by atoms with Crippen LogP contribution in [-0.4, -0.2) is 47.8 Å². The lowest BCUT2D eigenvalue weighted by Crippen LogP contribution is -2.44. The molecule has 0 radical (unpaired) electrons. The number of nitrogens with two attached hydrogens (primary N) is 1. The van der Waals surface area contributed by atoms with E-state index in [1.54, 1.807) is 6.07 Å². The van der Waals surface area contributed by atoms with E-state index in [1.165, 1.54) is 29.4 Å². The van der Waals surface area contributed by atoms with Crippen LogP contribution in [-0.2, 0) is 14.3 Å². The number of benzene rings is 2. The lowest BCUT2D eigenvalue weighted by molar-refractivity contribution is -0.119. The lowest BCUT2D eigenvalue weighted by Gasteiger charge is -2.25. The van der Waals surface area contributed by atoms with Gasteiger partial charge >= 0.3 is 6.09 Å². The van der Waals surface area contributed by atoms with Crippen LogP contribution in [0.3, 0.4) is 0 Å². The van der Waals surface area contributed by atoms with Crippen molar-refractivity contribution in [3.05, 3.63) is 53.1 Å². The number of ether oxygens (including phenoxy) is 2. The van der Waals surface area contributed by atoms with Crippen molar-refractivity contribution in [1.82, 2.24) is 9.97 Å². The maximum atomic E-state index is 13.6. The molecule has 11 heteroatoms. The molecule has 0 saturated carbocycles. The van der Waals surface area contributed by atoms with E-state index in [1.807, 2.05) is 6.07 Å². The Morgan fingerprint density at radius 3 is 2.82 bits per heavy atom. The quantitative estimate of drug-likeness (QED) is 0.584. The van der Waals surface area contributed by atoms with E-state index in [0.717, 1.165) is 12.0 Å². The second-order valence-corrected chi connectivity index (χ2v) is 8.24. The fourth-order valence-corrected chi connectivity index (χ4v) is 4.31. The third kappa shape index (κ3) is 3.91. The Balaban J connectivity index is 1.66. The molecule has 2 aliphatic heterocycles. The molecule has 0 spiro atoms. The standard InChI is InChI=1S/C22H19ClFN5O4/c23-15-5-12(1-2-16(15)24)28-21-14-7-18(29-19(20(25)30)9-33-22(29)31)13(11-3-4-32-8-11)6-17(14)26-10-27-21/h1-2,5-7,10-11,19H,3-4,8-9H2,(H2,25,30)(H,26,27,28)/t11?,19-/m1/s1. The number of cyclic esters (lactones) is 1. The number of aromatic nitrogens is 2. The number of amides is 2. The molecule has 2 amide bonds. The molecule has 3 aromatic rings. The summed E-state index contributed by atoms with van der Waals surface area (Å²) in [6.07, 6.45) is 1.50. The molecule has 170 valence electrons. The number of rotatable bonds is 5. The molecule has 3 N–H and O–H groups in total. The van der Waals surface area contributed by atoms with Crippen LogP contribution in [0.2, 0.25) is 5.02 Å². The third-order valence-corrected chi connectivity index (χ3v) is 6.09. The molecule has 2 fully saturated rings. The van der Waals surface area contributed by atoms with Gasteiger partial charge in [-0.15, -0.1) is 0 Å². The Morgan fingerprint density at radius 1 is 1.24 bits per heavy atom. The normalized spacial score (nSPS) is 20.3. The van der Waals surface area contributed by atoms with Gasteiger partial charge in [-0.1, -0.05) is 11.6 Å². The van der Waals surface area contributed by atoms with Crippen molar-refractivity contribution in [3.63, 3.8) is 0 Å². The van der Waals surface area contributed by atoms with Crippen molar-refractivity contribution >= 4 is 51.7 Å². The SMILES string of the molecule is NC(=O)[C@H]1COC(=O)N1c1cc2c(Nc3ccc(F)c(Cl)c3)ncnc2cc1C1CCOC1. The highest BCUT2D eigenvalue weighted by atomic mass is 35.5. The highest BCUT2D eigenvalue weighted by Gasteiger charge is 2.40. The van der Waals surface area contributed by atoms with Crippen molar-refractivity contribution in [1.29, 1.82) is 0 Å². The largest absolute Gasteiger partial charge is 0.446 e. The minimum Gasteiger partial charge on any atom is -0.446 e. The molecule has 2 atom stereocenters. The van der Waals surface area contributed by atoms with Gasteiger partial charge in [-0.25, -0.2) is 19.2 Å². The molecule has 2 aromatic carbocycles. The number of primary amides is 1. The molecule has 1 unspecified atom stereocenters. The topological polar surface area (TPSA) is 120 Å². The molecule has 5 rings (SSSR count). The second-order valence-electron chi connectivity index (χ2n) is 7.83. The van der Waals surface area contributed by atoms with Gasteiger partial charge in [-0.2, -0.15) is 0 Å². The van der Waals surface area contributed by atoms with Gasteiger partial charge in [0, 0.05) is 23.6 Å². The number of carbonyl (C=O) groups is 2. The van der Waals surface area contributed by atoms with E-state index in [-0.39, 0.29) is 17.5 Å². The number of nitrogens with one attached hydrogen (secondary N) is 1. The van der Waals surface area contributed by atoms with Gasteiger partial charge in [0.1, 0.15) is 24.6 Å². The van der Waals surface area contributed by atoms with E-state index in [9.17, 15) is 14.0 Å². The molecule has 2 aliphatic rings. The molecular weight excluding hydrogens is 453 g/mol. The van der Waals surface area contributed by atoms with Crippen LogP contribution in [0.5, 0.6) is 0 Å². The maximum absolute atomic E-state index is 13.6. The molecule has 0 aliphatic carbocycles. The van der Waals surface area contributed by atoms with Crippen molar-refractivity contribution < 1.29 is 23.5 Å². The first-order valence-electron chi connectivity index (χ1n) is 10.3. The number of hydrogen-bond donors (Lipinski definition) is 2. The predicted octanol–water partition coefficient (Wildman–Crippen LogP) is 3.48. The van der Waals surface area contributed by atoms with E-state index in [4.69, 9.17) is 26.8 Å². The smallest absolute Gasteiger partial charge is 0.415 e. The Hall–Kier alpha value is -3.50. The Bertz CT molecular complexity index is 1270. The zero-order valence-corrected chi connectivity index (χ0v) is 18.0. The summed E-state index contributed by atoms with van der Waals surface area (Å²) in [7, 11) is 0. The third-order valence-electron chi connectivity index (χ3n) is 5.80. The molecule has 33 heavy (non-hydrogen) atoms. The van der Waals surface area contributed by atoms with Crippen molar-refractivity contribution in [2.45, 2.75) is 18.4 Å². The fraction of sp³-hybridized carbons (Fsp3) is 0.273. The van der Waals surface area contributed by atoms with Gasteiger partial charge in [-0.3, -0.25) is 9.69 Å². The summed E-state index contributed by atoms with van der Waals surface area (Å²) in [4.78, 5) is 34.6. The lowest BCUT2D eigenvalue weighted by atomic mass is 9.94. The second kappa shape index (κ2) is 8.45. The first kappa shape index (κ1) is 21.4. The van der Waals surface area contributed by atoms with E-state index >= 15 is 0 Å². The molecule has 1 aromatic heterocycles. The molecule has 3 heterocycles. The van der Waals surface area contributed by atoms with Gasteiger partial charge in [-0.05, 0) is 42.3 Å². The first-order chi connectivity index (χ1) is 15.9. The predicted molar refractivity (Wildman–Crippen MR) is 119 cm³/mol. The van der Waals surface area contributed by atoms with Crippen LogP contribution in [0.1, 0.15) is 17.9 Å². The zero-order chi connectivity index (χ0) is 23.1. The van der Waals surface area contributed by atoms with Gasteiger partial charge in [0.25, 0.3) is 0 Å². The highest BCUT2D eigenvalue weighted by Crippen LogP contribution is 2.39. The van der Waals surface area contributed by atoms with Crippen LogP contribution >= 0.6 is 11.6 Å². The molecular formula is C22H19ClFN5O4. The highest BCUT2D eigenvalue weighted by molar-refractivity contribution is 6.31. The van der Waals surface area contributed by atoms with Gasteiger partial charge < -0.3 is 20.5 Å². The average Bonchev–Trinajstić information content (AvgIpc) is 3.46. The number of hydrogen-bond acceptors (Lipinski definition) is 7. The fourth-order valence-electron chi connectivity index (χ4n) is 4.13. The van der Waals surface area contributed by atoms with Crippen molar-refractivity contribution in [2.75, 3.05) is 30.0 Å². The van der Waals surface area contributed by atoms with Crippen LogP contribution < -0.4 is 16.0 Å². The number of halogens is 2. The summed E-state index contributed by atoms with van der Waals surface area (Å²) in [6, 6.07) is 6.87. The van der Waals surface area contributed by atoms with E-state index in [0.29, 0.717) is 41.3 Å². The summed E-state index contributed by atoms with van der Waals surface area (Å²) >= 11 is 5.90. The van der Waals surface area contributed by atoms with Gasteiger partial charge in [0.2, 0.25) is 5.91 Å². The number of nitrogens with zero attached hydrogens (tertiary/aromatic N) is 3. The van der Waals surface area contributed by atoms with Crippen LogP contribution in [0.25, 0.3) is 10.9 Å². The molecule has 9 nitrogen and oxygen atoms in total. The zero-order valence-electron chi connectivity index (χ0n) is 17.3. The maximum Gasteiger partial charge on any atom is 0.415 e. The van der Waals surface area contributed by atoms with Gasteiger partial charge in [0.05, 0.1) is 22.8 Å². The van der Waals surface area contributed by atoms with Crippen LogP contribution in [0, 0.1) is 5.82 Å². The van der Waals surface area contributed by atoms with Crippen molar-refractivity contribution in [2.24, 2.45) is 5.73 Å². The summed E-state index contributed by atoms with van der Waals surface area (Å²) in [5, 5.41) is 3.66. The van der Waals surface area contributed by atoms with E-state index in [2.05, 4.69) is 15.3 Å². The minimum atomic E-state index is -0.937. The summed E-state index contributed by atoms with van der Waals surface area (Å²) in [5.74, 6) is -0.779.